The molecular formula is C17H17ClFN3O4. The molecular weight excluding hydrogens is 365 g/mol. The van der Waals surface area contributed by atoms with Crippen molar-refractivity contribution < 1.29 is 23.3 Å². The molecule has 9 heteroatoms. The van der Waals surface area contributed by atoms with Crippen molar-refractivity contribution in [1.29, 1.82) is 0 Å². The minimum absolute atomic E-state index is 0.0251. The number of carbonyl (C=O) groups is 2. The monoisotopic (exact) mass is 381 g/mol. The summed E-state index contributed by atoms with van der Waals surface area (Å²) in [7, 11) is 0. The highest BCUT2D eigenvalue weighted by molar-refractivity contribution is 6.30. The molecule has 1 aromatic carbocycles. The van der Waals surface area contributed by atoms with Crippen LogP contribution in [-0.2, 0) is 16.0 Å². The van der Waals surface area contributed by atoms with E-state index >= 15 is 0 Å². The number of nitrogens with zero attached hydrogens (tertiary/aromatic N) is 2. The minimum Gasteiger partial charge on any atom is -0.376 e. The first-order valence-corrected chi connectivity index (χ1v) is 8.45. The number of hydrogen-bond acceptors (Lipinski definition) is 5. The Balaban J connectivity index is 1.59. The van der Waals surface area contributed by atoms with Crippen molar-refractivity contribution >= 4 is 23.4 Å². The third-order valence-corrected chi connectivity index (χ3v) is 4.27. The molecule has 1 aliphatic rings. The van der Waals surface area contributed by atoms with Gasteiger partial charge in [-0.2, -0.15) is 5.48 Å². The molecule has 1 aromatic heterocycles. The predicted octanol–water partition coefficient (Wildman–Crippen LogP) is 2.42. The van der Waals surface area contributed by atoms with Crippen LogP contribution in [0.3, 0.4) is 0 Å². The van der Waals surface area contributed by atoms with E-state index in [1.807, 2.05) is 0 Å². The maximum atomic E-state index is 13.7. The molecule has 2 amide bonds. The normalized spacial score (nSPS) is 16.6. The van der Waals surface area contributed by atoms with Gasteiger partial charge in [-0.05, 0) is 38.0 Å². The maximum absolute atomic E-state index is 13.7. The topological polar surface area (TPSA) is 84.7 Å². The zero-order chi connectivity index (χ0) is 18.7. The highest BCUT2D eigenvalue weighted by Crippen LogP contribution is 2.22. The van der Waals surface area contributed by atoms with Gasteiger partial charge in [-0.1, -0.05) is 16.8 Å². The number of aromatic nitrogens is 1. The molecule has 1 fully saturated rings. The van der Waals surface area contributed by atoms with Crippen LogP contribution in [0.5, 0.6) is 5.75 Å². The maximum Gasteiger partial charge on any atom is 0.275 e. The van der Waals surface area contributed by atoms with Gasteiger partial charge in [0.1, 0.15) is 11.8 Å². The van der Waals surface area contributed by atoms with E-state index in [-0.39, 0.29) is 23.1 Å². The van der Waals surface area contributed by atoms with Crippen LogP contribution in [0.2, 0.25) is 5.02 Å². The van der Waals surface area contributed by atoms with Gasteiger partial charge in [0.15, 0.2) is 11.6 Å². The van der Waals surface area contributed by atoms with E-state index in [2.05, 4.69) is 10.6 Å². The molecule has 3 rings (SSSR count). The van der Waals surface area contributed by atoms with Gasteiger partial charge in [-0.3, -0.25) is 9.59 Å². The van der Waals surface area contributed by atoms with Crippen molar-refractivity contribution in [2.24, 2.45) is 0 Å². The first-order chi connectivity index (χ1) is 12.4. The molecule has 0 bridgehead atoms. The van der Waals surface area contributed by atoms with Gasteiger partial charge < -0.3 is 14.3 Å². The van der Waals surface area contributed by atoms with Gasteiger partial charge in [0.2, 0.25) is 5.91 Å². The fourth-order valence-electron chi connectivity index (χ4n) is 2.82. The number of likely N-dealkylation sites (tertiary alicyclic amines) is 1. The number of hydrogen-bond donors (Lipinski definition) is 1. The second-order valence-corrected chi connectivity index (χ2v) is 6.44. The van der Waals surface area contributed by atoms with E-state index in [1.165, 1.54) is 17.0 Å². The number of rotatable bonds is 5. The van der Waals surface area contributed by atoms with E-state index in [0.717, 1.165) is 6.07 Å². The van der Waals surface area contributed by atoms with E-state index in [1.54, 1.807) is 13.0 Å². The lowest BCUT2D eigenvalue weighted by molar-refractivity contribution is -0.141. The van der Waals surface area contributed by atoms with E-state index in [0.29, 0.717) is 30.8 Å². The van der Waals surface area contributed by atoms with Crippen LogP contribution < -0.4 is 10.3 Å². The van der Waals surface area contributed by atoms with Crippen LogP contribution >= 0.6 is 11.6 Å². The Bertz CT molecular complexity index is 826. The molecule has 1 unspecified atom stereocenters. The molecule has 26 heavy (non-hydrogen) atoms. The van der Waals surface area contributed by atoms with Gasteiger partial charge in [0, 0.05) is 17.6 Å². The summed E-state index contributed by atoms with van der Waals surface area (Å²) in [5.41, 5.74) is 2.88. The number of nitrogens with one attached hydrogen (secondary N) is 1. The van der Waals surface area contributed by atoms with Crippen LogP contribution in [0.25, 0.3) is 0 Å². The summed E-state index contributed by atoms with van der Waals surface area (Å²) in [4.78, 5) is 31.3. The lowest BCUT2D eigenvalue weighted by atomic mass is 10.2. The average molecular weight is 382 g/mol. The fourth-order valence-corrected chi connectivity index (χ4v) is 2.98. The summed E-state index contributed by atoms with van der Waals surface area (Å²) >= 11 is 5.67. The zero-order valence-corrected chi connectivity index (χ0v) is 14.8. The molecule has 1 atom stereocenters. The molecule has 1 N–H and O–H groups in total. The largest absolute Gasteiger partial charge is 0.376 e. The van der Waals surface area contributed by atoms with E-state index in [4.69, 9.17) is 21.0 Å². The Morgan fingerprint density at radius 1 is 1.46 bits per heavy atom. The third-order valence-electron chi connectivity index (χ3n) is 4.03. The molecule has 1 saturated heterocycles. The lowest BCUT2D eigenvalue weighted by Gasteiger charge is -2.23. The van der Waals surface area contributed by atoms with Crippen LogP contribution in [0.1, 0.15) is 24.3 Å². The van der Waals surface area contributed by atoms with Crippen LogP contribution in [0.15, 0.2) is 28.8 Å². The van der Waals surface area contributed by atoms with Gasteiger partial charge >= 0.3 is 0 Å². The van der Waals surface area contributed by atoms with Gasteiger partial charge in [0.05, 0.1) is 12.1 Å². The van der Waals surface area contributed by atoms with Crippen LogP contribution in [0.4, 0.5) is 4.39 Å². The van der Waals surface area contributed by atoms with Gasteiger partial charge in [0.25, 0.3) is 5.91 Å². The quantitative estimate of drug-likeness (QED) is 0.804. The highest BCUT2D eigenvalue weighted by atomic mass is 35.5. The predicted molar refractivity (Wildman–Crippen MR) is 89.9 cm³/mol. The molecule has 138 valence electrons. The fraction of sp³-hybridized carbons (Fsp3) is 0.353. The Morgan fingerprint density at radius 2 is 2.27 bits per heavy atom. The molecule has 0 radical (unpaired) electrons. The third kappa shape index (κ3) is 4.13. The molecule has 7 nitrogen and oxygen atoms in total. The van der Waals surface area contributed by atoms with Gasteiger partial charge in [-0.25, -0.2) is 4.39 Å². The molecule has 1 aliphatic heterocycles. The summed E-state index contributed by atoms with van der Waals surface area (Å²) in [5, 5.41) is 3.96. The number of aryl methyl sites for hydroxylation is 1. The second-order valence-electron chi connectivity index (χ2n) is 6.00. The van der Waals surface area contributed by atoms with Crippen molar-refractivity contribution in [2.45, 2.75) is 32.2 Å². The molecule has 2 heterocycles. The standard InChI is InChI=1S/C17H17ClFN3O4/c1-10-7-12(25-20-10)9-16(23)22-6-2-3-14(22)17(24)21-26-15-5-4-11(18)8-13(15)19/h4-5,7-8,14H,2-3,6,9H2,1H3,(H,21,24). The average Bonchev–Trinajstić information content (AvgIpc) is 3.23. The van der Waals surface area contributed by atoms with Gasteiger partial charge in [-0.15, -0.1) is 0 Å². The number of carbonyl (C=O) groups excluding carboxylic acids is 2. The Kier molecular flexibility index (Phi) is 5.41. The van der Waals surface area contributed by atoms with E-state index < -0.39 is 17.8 Å². The number of hydroxylamine groups is 1. The van der Waals surface area contributed by atoms with Crippen molar-refractivity contribution in [1.82, 2.24) is 15.5 Å². The van der Waals surface area contributed by atoms with Crippen molar-refractivity contribution in [3.05, 3.63) is 46.6 Å². The number of halogens is 2. The van der Waals surface area contributed by atoms with Crippen molar-refractivity contribution in [3.63, 3.8) is 0 Å². The summed E-state index contributed by atoms with van der Waals surface area (Å²) in [5.74, 6) is -1.16. The molecule has 0 spiro atoms. The number of benzene rings is 1. The summed E-state index contributed by atoms with van der Waals surface area (Å²) in [6, 6.07) is 4.82. The lowest BCUT2D eigenvalue weighted by Crippen LogP contribution is -2.47. The SMILES string of the molecule is Cc1cc(CC(=O)N2CCCC2C(=O)NOc2ccc(Cl)cc2F)on1. The summed E-state index contributed by atoms with van der Waals surface area (Å²) < 4.78 is 18.7. The minimum atomic E-state index is -0.696. The van der Waals surface area contributed by atoms with Crippen LogP contribution in [-0.4, -0.2) is 34.5 Å². The van der Waals surface area contributed by atoms with Crippen molar-refractivity contribution in [2.75, 3.05) is 6.54 Å². The van der Waals surface area contributed by atoms with Crippen LogP contribution in [0, 0.1) is 12.7 Å². The molecule has 0 saturated carbocycles. The summed E-state index contributed by atoms with van der Waals surface area (Å²) in [6.45, 7) is 2.22. The Hall–Kier alpha value is -2.61. The molecule has 0 aliphatic carbocycles. The Labute approximate surface area is 154 Å². The zero-order valence-electron chi connectivity index (χ0n) is 14.0. The van der Waals surface area contributed by atoms with Crippen molar-refractivity contribution in [3.8, 4) is 5.75 Å². The first kappa shape index (κ1) is 18.2. The first-order valence-electron chi connectivity index (χ1n) is 8.07. The Morgan fingerprint density at radius 3 is 2.96 bits per heavy atom. The second kappa shape index (κ2) is 7.74. The number of amides is 2. The molecule has 2 aromatic rings. The smallest absolute Gasteiger partial charge is 0.275 e. The van der Waals surface area contributed by atoms with E-state index in [9.17, 15) is 14.0 Å². The highest BCUT2D eigenvalue weighted by Gasteiger charge is 2.34. The summed E-state index contributed by atoms with van der Waals surface area (Å²) in [6.07, 6.45) is 1.21.